The van der Waals surface area contributed by atoms with Crippen molar-refractivity contribution in [3.63, 3.8) is 0 Å². The topological polar surface area (TPSA) is 77.0 Å². The van der Waals surface area contributed by atoms with Crippen LogP contribution in [0.4, 0.5) is 5.82 Å². The summed E-state index contributed by atoms with van der Waals surface area (Å²) < 4.78 is 4.73. The zero-order valence-electron chi connectivity index (χ0n) is 15.3. The molecule has 0 saturated carbocycles. The van der Waals surface area contributed by atoms with Gasteiger partial charge in [0.05, 0.1) is 18.9 Å². The number of ether oxygens (including phenoxy) is 1. The number of aromatic nitrogens is 3. The maximum Gasteiger partial charge on any atom is 0.307 e. The van der Waals surface area contributed by atoms with E-state index in [4.69, 9.17) is 14.7 Å². The Morgan fingerprint density at radius 1 is 1.11 bits per heavy atom. The number of anilines is 1. The van der Waals surface area contributed by atoms with Gasteiger partial charge in [0, 0.05) is 35.4 Å². The lowest BCUT2D eigenvalue weighted by atomic mass is 10.1. The predicted molar refractivity (Wildman–Crippen MR) is 111 cm³/mol. The number of benzene rings is 1. The van der Waals surface area contributed by atoms with Crippen LogP contribution in [0.1, 0.15) is 6.42 Å². The standard InChI is InChI=1S/C21H18N4O2S/c1-27-17(26)9-11-23-20-18-16(14-6-3-2-4-7-14)13-28-21(18)25-19(24-20)15-8-5-10-22-12-15/h2-8,10,12-13H,9,11H2,1H3,(H,23,24,25). The van der Waals surface area contributed by atoms with Crippen LogP contribution >= 0.6 is 11.3 Å². The summed E-state index contributed by atoms with van der Waals surface area (Å²) >= 11 is 1.57. The molecule has 0 atom stereocenters. The van der Waals surface area contributed by atoms with E-state index in [0.717, 1.165) is 26.9 Å². The largest absolute Gasteiger partial charge is 0.469 e. The van der Waals surface area contributed by atoms with Crippen LogP contribution in [0.2, 0.25) is 0 Å². The predicted octanol–water partition coefficient (Wildman–Crippen LogP) is 4.40. The highest BCUT2D eigenvalue weighted by Crippen LogP contribution is 2.38. The van der Waals surface area contributed by atoms with E-state index in [-0.39, 0.29) is 12.4 Å². The third-order valence-corrected chi connectivity index (χ3v) is 5.16. The molecule has 3 heterocycles. The van der Waals surface area contributed by atoms with Gasteiger partial charge in [0.2, 0.25) is 0 Å². The molecule has 7 heteroatoms. The summed E-state index contributed by atoms with van der Waals surface area (Å²) in [6, 6.07) is 13.9. The number of hydrogen-bond donors (Lipinski definition) is 1. The van der Waals surface area contributed by atoms with E-state index in [1.165, 1.54) is 7.11 Å². The van der Waals surface area contributed by atoms with Gasteiger partial charge in [0.15, 0.2) is 5.82 Å². The van der Waals surface area contributed by atoms with Crippen LogP contribution in [0, 0.1) is 0 Å². The van der Waals surface area contributed by atoms with Crippen LogP contribution in [-0.4, -0.2) is 34.6 Å². The van der Waals surface area contributed by atoms with Crippen LogP contribution in [0.15, 0.2) is 60.2 Å². The Morgan fingerprint density at radius 3 is 2.68 bits per heavy atom. The number of pyridine rings is 1. The monoisotopic (exact) mass is 390 g/mol. The Kier molecular flexibility index (Phi) is 5.25. The summed E-state index contributed by atoms with van der Waals surface area (Å²) in [6.07, 6.45) is 3.72. The molecule has 4 rings (SSSR count). The first-order chi connectivity index (χ1) is 13.8. The van der Waals surface area contributed by atoms with Crippen molar-refractivity contribution in [2.45, 2.75) is 6.42 Å². The first-order valence-corrected chi connectivity index (χ1v) is 9.70. The number of nitrogens with one attached hydrogen (secondary N) is 1. The lowest BCUT2D eigenvalue weighted by Gasteiger charge is -2.10. The zero-order valence-corrected chi connectivity index (χ0v) is 16.1. The van der Waals surface area contributed by atoms with E-state index in [9.17, 15) is 4.79 Å². The van der Waals surface area contributed by atoms with Crippen LogP contribution in [0.5, 0.6) is 0 Å². The fourth-order valence-corrected chi connectivity index (χ4v) is 3.86. The summed E-state index contributed by atoms with van der Waals surface area (Å²) in [6.45, 7) is 0.426. The van der Waals surface area contributed by atoms with Crippen molar-refractivity contribution >= 4 is 33.3 Å². The van der Waals surface area contributed by atoms with Gasteiger partial charge in [-0.1, -0.05) is 30.3 Å². The first-order valence-electron chi connectivity index (χ1n) is 8.82. The van der Waals surface area contributed by atoms with Crippen molar-refractivity contribution in [1.29, 1.82) is 0 Å². The number of rotatable bonds is 6. The molecular formula is C21H18N4O2S. The average molecular weight is 390 g/mol. The molecule has 0 spiro atoms. The molecule has 0 aliphatic rings. The van der Waals surface area contributed by atoms with Crippen molar-refractivity contribution in [3.05, 3.63) is 60.2 Å². The number of nitrogens with zero attached hydrogens (tertiary/aromatic N) is 3. The van der Waals surface area contributed by atoms with E-state index in [1.807, 2.05) is 30.3 Å². The Bertz CT molecular complexity index is 1100. The third-order valence-electron chi connectivity index (χ3n) is 4.29. The normalized spacial score (nSPS) is 10.8. The van der Waals surface area contributed by atoms with Crippen LogP contribution in [0.3, 0.4) is 0 Å². The average Bonchev–Trinajstić information content (AvgIpc) is 3.19. The summed E-state index contributed by atoms with van der Waals surface area (Å²) in [4.78, 5) is 26.0. The first kappa shape index (κ1) is 18.1. The Morgan fingerprint density at radius 2 is 1.93 bits per heavy atom. The SMILES string of the molecule is COC(=O)CCNc1nc(-c2cccnc2)nc2scc(-c3ccccc3)c12. The quantitative estimate of drug-likeness (QED) is 0.492. The molecule has 6 nitrogen and oxygen atoms in total. The third kappa shape index (κ3) is 3.70. The van der Waals surface area contributed by atoms with Crippen LogP contribution in [-0.2, 0) is 9.53 Å². The van der Waals surface area contributed by atoms with Gasteiger partial charge in [-0.2, -0.15) is 0 Å². The lowest BCUT2D eigenvalue weighted by molar-refractivity contribution is -0.140. The summed E-state index contributed by atoms with van der Waals surface area (Å²) in [5.74, 6) is 1.04. The van der Waals surface area contributed by atoms with Crippen LogP contribution < -0.4 is 5.32 Å². The zero-order chi connectivity index (χ0) is 19.3. The van der Waals surface area contributed by atoms with E-state index in [1.54, 1.807) is 23.7 Å². The molecule has 0 radical (unpaired) electrons. The minimum Gasteiger partial charge on any atom is -0.469 e. The molecule has 0 aliphatic carbocycles. The van der Waals surface area contributed by atoms with Crippen molar-refractivity contribution in [2.75, 3.05) is 19.0 Å². The van der Waals surface area contributed by atoms with Crippen molar-refractivity contribution in [3.8, 4) is 22.5 Å². The van der Waals surface area contributed by atoms with Gasteiger partial charge in [-0.25, -0.2) is 9.97 Å². The maximum atomic E-state index is 11.5. The molecule has 0 bridgehead atoms. The van der Waals surface area contributed by atoms with Gasteiger partial charge in [-0.15, -0.1) is 11.3 Å². The second-order valence-electron chi connectivity index (χ2n) is 6.09. The number of hydrogen-bond acceptors (Lipinski definition) is 7. The smallest absolute Gasteiger partial charge is 0.307 e. The van der Waals surface area contributed by atoms with Crippen molar-refractivity contribution in [1.82, 2.24) is 15.0 Å². The molecule has 1 N–H and O–H groups in total. The second kappa shape index (κ2) is 8.14. The summed E-state index contributed by atoms with van der Waals surface area (Å²) in [5.41, 5.74) is 3.01. The van der Waals surface area contributed by atoms with Gasteiger partial charge < -0.3 is 10.1 Å². The van der Waals surface area contributed by atoms with E-state index < -0.39 is 0 Å². The second-order valence-corrected chi connectivity index (χ2v) is 6.94. The minimum atomic E-state index is -0.265. The Balaban J connectivity index is 1.80. The number of methoxy groups -OCH3 is 1. The van der Waals surface area contributed by atoms with Gasteiger partial charge in [0.25, 0.3) is 0 Å². The highest BCUT2D eigenvalue weighted by atomic mass is 32.1. The molecule has 0 fully saturated rings. The van der Waals surface area contributed by atoms with E-state index in [2.05, 4.69) is 27.8 Å². The van der Waals surface area contributed by atoms with E-state index in [0.29, 0.717) is 18.2 Å². The van der Waals surface area contributed by atoms with Gasteiger partial charge >= 0.3 is 5.97 Å². The molecule has 3 aromatic heterocycles. The molecule has 0 saturated heterocycles. The van der Waals surface area contributed by atoms with Gasteiger partial charge in [-0.05, 0) is 17.7 Å². The summed E-state index contributed by atoms with van der Waals surface area (Å²) in [7, 11) is 1.39. The molecule has 0 amide bonds. The molecule has 28 heavy (non-hydrogen) atoms. The molecule has 4 aromatic rings. The number of esters is 1. The number of fused-ring (bicyclic) bond motifs is 1. The Hall–Kier alpha value is -3.32. The fourth-order valence-electron chi connectivity index (χ4n) is 2.91. The Labute approximate surface area is 166 Å². The van der Waals surface area contributed by atoms with Crippen molar-refractivity contribution < 1.29 is 9.53 Å². The molecule has 0 aliphatic heterocycles. The minimum absolute atomic E-state index is 0.259. The highest BCUT2D eigenvalue weighted by Gasteiger charge is 2.16. The highest BCUT2D eigenvalue weighted by molar-refractivity contribution is 7.17. The van der Waals surface area contributed by atoms with Gasteiger partial charge in [-0.3, -0.25) is 9.78 Å². The lowest BCUT2D eigenvalue weighted by Crippen LogP contribution is -2.11. The van der Waals surface area contributed by atoms with Gasteiger partial charge in [0.1, 0.15) is 10.6 Å². The summed E-state index contributed by atoms with van der Waals surface area (Å²) in [5, 5.41) is 6.34. The number of thiophene rings is 1. The van der Waals surface area contributed by atoms with Crippen LogP contribution in [0.25, 0.3) is 32.7 Å². The fraction of sp³-hybridized carbons (Fsp3) is 0.143. The number of carbonyl (C=O) groups excluding carboxylic acids is 1. The molecule has 140 valence electrons. The molecule has 0 unspecified atom stereocenters. The number of carbonyl (C=O) groups is 1. The maximum absolute atomic E-state index is 11.5. The molecular weight excluding hydrogens is 372 g/mol. The van der Waals surface area contributed by atoms with E-state index >= 15 is 0 Å². The van der Waals surface area contributed by atoms with Crippen molar-refractivity contribution in [2.24, 2.45) is 0 Å². The molecule has 1 aromatic carbocycles.